The van der Waals surface area contributed by atoms with Gasteiger partial charge in [-0.1, -0.05) is 49.2 Å². The number of hydrogen-bond donors (Lipinski definition) is 1. The summed E-state index contributed by atoms with van der Waals surface area (Å²) in [5.74, 6) is 0.911. The Morgan fingerprint density at radius 1 is 1.05 bits per heavy atom. The highest BCUT2D eigenvalue weighted by Gasteiger charge is 2.59. The molecule has 1 aromatic rings. The number of benzene rings is 1. The highest BCUT2D eigenvalue weighted by Crippen LogP contribution is 2.66. The Hall–Kier alpha value is -0.240. The van der Waals surface area contributed by atoms with Crippen molar-refractivity contribution in [1.82, 2.24) is 5.32 Å². The summed E-state index contributed by atoms with van der Waals surface area (Å²) in [4.78, 5) is 0. The van der Waals surface area contributed by atoms with E-state index in [1.807, 2.05) is 12.1 Å². The topological polar surface area (TPSA) is 12.0 Å². The molecule has 5 rings (SSSR count). The van der Waals surface area contributed by atoms with Crippen LogP contribution >= 0.6 is 23.2 Å². The van der Waals surface area contributed by atoms with Crippen LogP contribution in [0.15, 0.2) is 18.2 Å². The molecule has 0 aromatic heterocycles. The number of nitrogens with one attached hydrogen (secondary N) is 1. The Morgan fingerprint density at radius 3 is 2.36 bits per heavy atom. The molecule has 0 aliphatic heterocycles. The van der Waals surface area contributed by atoms with E-state index in [-0.39, 0.29) is 0 Å². The maximum absolute atomic E-state index is 6.36. The van der Waals surface area contributed by atoms with Crippen LogP contribution in [0.1, 0.15) is 57.9 Å². The van der Waals surface area contributed by atoms with Crippen molar-refractivity contribution in [1.29, 1.82) is 0 Å². The zero-order valence-corrected chi connectivity index (χ0v) is 15.0. The summed E-state index contributed by atoms with van der Waals surface area (Å²) in [5, 5.41) is 5.28. The largest absolute Gasteiger partial charge is 0.307 e. The Kier molecular flexibility index (Phi) is 3.39. The van der Waals surface area contributed by atoms with Gasteiger partial charge in [-0.05, 0) is 66.9 Å². The SMILES string of the molecule is C[C@]12CC3CC(NCc4cccc(Cl)c4Cl)(C1)C[C@@](C)(C3)C2. The summed E-state index contributed by atoms with van der Waals surface area (Å²) < 4.78 is 0. The second-order valence-corrected chi connectivity index (χ2v) is 9.76. The van der Waals surface area contributed by atoms with Gasteiger partial charge in [0.15, 0.2) is 0 Å². The monoisotopic (exact) mass is 337 g/mol. The fourth-order valence-corrected chi connectivity index (χ4v) is 7.00. The molecule has 4 fully saturated rings. The summed E-state index contributed by atoms with van der Waals surface area (Å²) in [6.07, 6.45) is 8.27. The number of hydrogen-bond acceptors (Lipinski definition) is 1. The van der Waals surface area contributed by atoms with Crippen LogP contribution in [0.2, 0.25) is 10.0 Å². The van der Waals surface area contributed by atoms with Crippen molar-refractivity contribution in [3.05, 3.63) is 33.8 Å². The van der Waals surface area contributed by atoms with Crippen LogP contribution in [-0.2, 0) is 6.54 Å². The molecule has 1 aromatic carbocycles. The van der Waals surface area contributed by atoms with Crippen LogP contribution in [0, 0.1) is 16.7 Å². The molecule has 2 unspecified atom stereocenters. The molecule has 1 nitrogen and oxygen atoms in total. The fraction of sp³-hybridized carbons (Fsp3) is 0.684. The Balaban J connectivity index is 1.57. The van der Waals surface area contributed by atoms with E-state index in [1.165, 1.54) is 38.5 Å². The van der Waals surface area contributed by atoms with Crippen molar-refractivity contribution in [2.45, 2.75) is 64.5 Å². The highest BCUT2D eigenvalue weighted by atomic mass is 35.5. The molecule has 3 heteroatoms. The van der Waals surface area contributed by atoms with Crippen molar-refractivity contribution >= 4 is 23.2 Å². The average Bonchev–Trinajstić information content (AvgIpc) is 2.36. The molecule has 4 aliphatic carbocycles. The smallest absolute Gasteiger partial charge is 0.0637 e. The Labute approximate surface area is 143 Å². The first kappa shape index (κ1) is 15.3. The first-order chi connectivity index (χ1) is 10.3. The second-order valence-electron chi connectivity index (χ2n) is 8.98. The van der Waals surface area contributed by atoms with E-state index < -0.39 is 0 Å². The molecule has 1 N–H and O–H groups in total. The summed E-state index contributed by atoms with van der Waals surface area (Å²) in [5.41, 5.74) is 2.52. The minimum Gasteiger partial charge on any atom is -0.307 e. The van der Waals surface area contributed by atoms with Gasteiger partial charge < -0.3 is 5.32 Å². The minimum atomic E-state index is 0.314. The lowest BCUT2D eigenvalue weighted by Gasteiger charge is -2.65. The van der Waals surface area contributed by atoms with Crippen LogP contribution in [0.5, 0.6) is 0 Å². The Bertz CT molecular complexity index is 593. The maximum atomic E-state index is 6.36. The predicted molar refractivity (Wildman–Crippen MR) is 93.4 cm³/mol. The molecule has 0 radical (unpaired) electrons. The van der Waals surface area contributed by atoms with Gasteiger partial charge in [0.25, 0.3) is 0 Å². The van der Waals surface area contributed by atoms with E-state index in [0.29, 0.717) is 26.4 Å². The van der Waals surface area contributed by atoms with E-state index in [2.05, 4.69) is 25.2 Å². The van der Waals surface area contributed by atoms with Gasteiger partial charge in [0.2, 0.25) is 0 Å². The van der Waals surface area contributed by atoms with E-state index in [4.69, 9.17) is 23.2 Å². The number of halogens is 2. The fourth-order valence-electron chi connectivity index (χ4n) is 6.61. The van der Waals surface area contributed by atoms with Gasteiger partial charge in [-0.15, -0.1) is 0 Å². The summed E-state index contributed by atoms with van der Waals surface area (Å²) in [6, 6.07) is 5.94. The highest BCUT2D eigenvalue weighted by molar-refractivity contribution is 6.42. The van der Waals surface area contributed by atoms with Gasteiger partial charge in [0.05, 0.1) is 10.0 Å². The van der Waals surface area contributed by atoms with E-state index in [9.17, 15) is 0 Å². The van der Waals surface area contributed by atoms with E-state index in [1.54, 1.807) is 0 Å². The Morgan fingerprint density at radius 2 is 1.73 bits per heavy atom. The van der Waals surface area contributed by atoms with Gasteiger partial charge in [-0.3, -0.25) is 0 Å². The second kappa shape index (κ2) is 4.88. The summed E-state index contributed by atoms with van der Waals surface area (Å²) >= 11 is 12.5. The molecule has 4 bridgehead atoms. The molecule has 0 saturated heterocycles. The number of rotatable bonds is 3. The molecule has 22 heavy (non-hydrogen) atoms. The molecular formula is C19H25Cl2N. The van der Waals surface area contributed by atoms with Gasteiger partial charge in [0, 0.05) is 12.1 Å². The van der Waals surface area contributed by atoms with E-state index in [0.717, 1.165) is 18.0 Å². The molecule has 4 saturated carbocycles. The van der Waals surface area contributed by atoms with Gasteiger partial charge in [0.1, 0.15) is 0 Å². The first-order valence-electron chi connectivity index (χ1n) is 8.49. The average molecular weight is 338 g/mol. The summed E-state index contributed by atoms with van der Waals surface area (Å²) in [6.45, 7) is 5.86. The maximum Gasteiger partial charge on any atom is 0.0637 e. The molecular weight excluding hydrogens is 313 g/mol. The van der Waals surface area contributed by atoms with Crippen LogP contribution in [0.25, 0.3) is 0 Å². The van der Waals surface area contributed by atoms with Crippen LogP contribution in [0.4, 0.5) is 0 Å². The molecule has 0 spiro atoms. The zero-order valence-electron chi connectivity index (χ0n) is 13.5. The third-order valence-corrected chi connectivity index (χ3v) is 7.17. The van der Waals surface area contributed by atoms with Crippen LogP contribution < -0.4 is 5.32 Å². The third-order valence-electron chi connectivity index (χ3n) is 6.31. The molecule has 4 atom stereocenters. The quantitative estimate of drug-likeness (QED) is 0.731. The normalized spacial score (nSPS) is 42.8. The van der Waals surface area contributed by atoms with Crippen molar-refractivity contribution in [3.63, 3.8) is 0 Å². The molecule has 0 heterocycles. The van der Waals surface area contributed by atoms with Gasteiger partial charge in [-0.2, -0.15) is 0 Å². The molecule has 0 amide bonds. The predicted octanol–water partition coefficient (Wildman–Crippen LogP) is 5.83. The van der Waals surface area contributed by atoms with Crippen molar-refractivity contribution in [2.24, 2.45) is 16.7 Å². The van der Waals surface area contributed by atoms with Gasteiger partial charge in [-0.25, -0.2) is 0 Å². The standard InChI is InChI=1S/C19H25Cl2N/c1-17-6-13-7-18(2,10-17)12-19(8-13,11-17)22-9-14-4-3-5-15(20)16(14)21/h3-5,13,22H,6-12H2,1-2H3/t13?,17-,18+,19?. The van der Waals surface area contributed by atoms with Crippen molar-refractivity contribution < 1.29 is 0 Å². The van der Waals surface area contributed by atoms with Crippen LogP contribution in [0.3, 0.4) is 0 Å². The lowest BCUT2D eigenvalue weighted by atomic mass is 9.43. The first-order valence-corrected chi connectivity index (χ1v) is 9.24. The lowest BCUT2D eigenvalue weighted by Crippen LogP contribution is -2.63. The molecule has 4 aliphatic rings. The third kappa shape index (κ3) is 2.50. The minimum absolute atomic E-state index is 0.314. The van der Waals surface area contributed by atoms with Crippen molar-refractivity contribution in [3.8, 4) is 0 Å². The van der Waals surface area contributed by atoms with Gasteiger partial charge >= 0.3 is 0 Å². The zero-order chi connectivity index (χ0) is 15.6. The van der Waals surface area contributed by atoms with Crippen molar-refractivity contribution in [2.75, 3.05) is 0 Å². The summed E-state index contributed by atoms with van der Waals surface area (Å²) in [7, 11) is 0. The van der Waals surface area contributed by atoms with Crippen LogP contribution in [-0.4, -0.2) is 5.54 Å². The van der Waals surface area contributed by atoms with E-state index >= 15 is 0 Å². The molecule has 120 valence electrons. The lowest BCUT2D eigenvalue weighted by molar-refractivity contribution is -0.118.